The number of hydrogen-bond donors (Lipinski definition) is 4. The number of esters is 1. The van der Waals surface area contributed by atoms with E-state index in [1.54, 1.807) is 0 Å². The summed E-state index contributed by atoms with van der Waals surface area (Å²) in [7, 11) is 1.25. The lowest BCUT2D eigenvalue weighted by Gasteiger charge is -2.19. The van der Waals surface area contributed by atoms with Crippen LogP contribution in [-0.2, 0) is 37.0 Å². The second kappa shape index (κ2) is 21.0. The van der Waals surface area contributed by atoms with Crippen molar-refractivity contribution >= 4 is 36.5 Å². The summed E-state index contributed by atoms with van der Waals surface area (Å²) in [6.07, 6.45) is 2.04. The molecular weight excluding hydrogens is 552 g/mol. The molecule has 2 aromatic rings. The zero-order valence-corrected chi connectivity index (χ0v) is 24.2. The topological polar surface area (TPSA) is 158 Å². The third-order valence-electron chi connectivity index (χ3n) is 5.96. The second-order valence-electron chi connectivity index (χ2n) is 9.16. The number of rotatable bonds is 17. The Bertz CT molecular complexity index is 1040. The van der Waals surface area contributed by atoms with Gasteiger partial charge in [0.05, 0.1) is 13.2 Å². The Kier molecular flexibility index (Phi) is 18.0. The standard InChI is InChI=1S/C29H40N4O7.ClH/c1-38-27(35)25(17-9-11-19-32-29(37)40-21-23-14-6-3-7-15-23)33-26(34)24(30)16-8-10-18-31-28(36)39-20-22-12-4-2-5-13-22;/h2-7,12-15,24-25H,8-11,16-21,30H2,1H3,(H,31,36)(H,32,37)(H,33,34);1H/t24-,25-;/m0./s1. The molecule has 0 aliphatic rings. The van der Waals surface area contributed by atoms with Crippen molar-refractivity contribution in [2.75, 3.05) is 20.2 Å². The van der Waals surface area contributed by atoms with Crippen molar-refractivity contribution in [2.24, 2.45) is 5.73 Å². The lowest BCUT2D eigenvalue weighted by atomic mass is 10.1. The molecule has 226 valence electrons. The number of nitrogens with one attached hydrogen (secondary N) is 3. The van der Waals surface area contributed by atoms with Crippen LogP contribution in [0.25, 0.3) is 0 Å². The van der Waals surface area contributed by atoms with Gasteiger partial charge in [-0.3, -0.25) is 4.79 Å². The molecule has 2 aromatic carbocycles. The van der Waals surface area contributed by atoms with Crippen LogP contribution in [0.5, 0.6) is 0 Å². The fourth-order valence-corrected chi connectivity index (χ4v) is 3.69. The van der Waals surface area contributed by atoms with Crippen LogP contribution in [0, 0.1) is 0 Å². The van der Waals surface area contributed by atoms with Crippen molar-refractivity contribution in [3.05, 3.63) is 71.8 Å². The Morgan fingerprint density at radius 3 is 1.66 bits per heavy atom. The molecule has 0 unspecified atom stereocenters. The molecule has 0 saturated heterocycles. The number of unbranched alkanes of at least 4 members (excludes halogenated alkanes) is 2. The van der Waals surface area contributed by atoms with Crippen LogP contribution in [0.1, 0.15) is 49.7 Å². The molecule has 3 amide bonds. The SMILES string of the molecule is COC(=O)[C@H](CCCCNC(=O)OCc1ccccc1)NC(=O)[C@@H](N)CCCCNC(=O)OCc1ccccc1.Cl. The first kappa shape index (κ1) is 35.2. The summed E-state index contributed by atoms with van der Waals surface area (Å²) >= 11 is 0. The third kappa shape index (κ3) is 15.5. The maximum atomic E-state index is 12.5. The Morgan fingerprint density at radius 1 is 0.732 bits per heavy atom. The second-order valence-corrected chi connectivity index (χ2v) is 9.16. The van der Waals surface area contributed by atoms with E-state index < -0.39 is 36.1 Å². The van der Waals surface area contributed by atoms with Crippen LogP contribution in [0.3, 0.4) is 0 Å². The molecule has 12 heteroatoms. The number of alkyl carbamates (subject to hydrolysis) is 2. The van der Waals surface area contributed by atoms with E-state index in [0.717, 1.165) is 11.1 Å². The highest BCUT2D eigenvalue weighted by molar-refractivity contribution is 5.87. The summed E-state index contributed by atoms with van der Waals surface area (Å²) in [5.74, 6) is -1.01. The molecule has 11 nitrogen and oxygen atoms in total. The number of benzene rings is 2. The number of ether oxygens (including phenoxy) is 3. The maximum Gasteiger partial charge on any atom is 0.407 e. The largest absolute Gasteiger partial charge is 0.467 e. The average molecular weight is 593 g/mol. The molecule has 5 N–H and O–H groups in total. The number of halogens is 1. The fraction of sp³-hybridized carbons (Fsp3) is 0.448. The van der Waals surface area contributed by atoms with Crippen molar-refractivity contribution in [3.8, 4) is 0 Å². The smallest absolute Gasteiger partial charge is 0.407 e. The molecule has 0 saturated carbocycles. The van der Waals surface area contributed by atoms with Gasteiger partial charge in [0.2, 0.25) is 5.91 Å². The number of methoxy groups -OCH3 is 1. The zero-order valence-electron chi connectivity index (χ0n) is 23.3. The molecule has 0 radical (unpaired) electrons. The van der Waals surface area contributed by atoms with Gasteiger partial charge in [0, 0.05) is 13.1 Å². The van der Waals surface area contributed by atoms with Crippen LogP contribution < -0.4 is 21.7 Å². The van der Waals surface area contributed by atoms with E-state index in [9.17, 15) is 19.2 Å². The third-order valence-corrected chi connectivity index (χ3v) is 5.96. The lowest BCUT2D eigenvalue weighted by molar-refractivity contribution is -0.145. The van der Waals surface area contributed by atoms with Crippen molar-refractivity contribution in [1.82, 2.24) is 16.0 Å². The van der Waals surface area contributed by atoms with E-state index in [1.807, 2.05) is 60.7 Å². The number of carbonyl (C=O) groups excluding carboxylic acids is 4. The highest BCUT2D eigenvalue weighted by atomic mass is 35.5. The summed E-state index contributed by atoms with van der Waals surface area (Å²) in [5, 5.41) is 7.99. The predicted octanol–water partition coefficient (Wildman–Crippen LogP) is 3.59. The van der Waals surface area contributed by atoms with Gasteiger partial charge in [0.1, 0.15) is 19.3 Å². The molecule has 41 heavy (non-hydrogen) atoms. The molecule has 2 atom stereocenters. The lowest BCUT2D eigenvalue weighted by Crippen LogP contribution is -2.48. The zero-order chi connectivity index (χ0) is 29.0. The van der Waals surface area contributed by atoms with Gasteiger partial charge >= 0.3 is 18.2 Å². The minimum atomic E-state index is -0.838. The molecule has 0 aromatic heterocycles. The molecule has 0 fully saturated rings. The van der Waals surface area contributed by atoms with Crippen LogP contribution in [0.4, 0.5) is 9.59 Å². The Hall–Kier alpha value is -3.83. The van der Waals surface area contributed by atoms with Gasteiger partial charge in [-0.15, -0.1) is 12.4 Å². The first-order valence-corrected chi connectivity index (χ1v) is 13.4. The van der Waals surface area contributed by atoms with Gasteiger partial charge in [-0.1, -0.05) is 60.7 Å². The Balaban J connectivity index is 0.00000840. The van der Waals surface area contributed by atoms with Crippen LogP contribution >= 0.6 is 12.4 Å². The fourth-order valence-electron chi connectivity index (χ4n) is 3.69. The predicted molar refractivity (Wildman–Crippen MR) is 156 cm³/mol. The van der Waals surface area contributed by atoms with Crippen LogP contribution in [0.15, 0.2) is 60.7 Å². The van der Waals surface area contributed by atoms with E-state index in [2.05, 4.69) is 16.0 Å². The molecule has 0 bridgehead atoms. The van der Waals surface area contributed by atoms with E-state index in [0.29, 0.717) is 51.6 Å². The summed E-state index contributed by atoms with van der Waals surface area (Å²) < 4.78 is 15.1. The summed E-state index contributed by atoms with van der Waals surface area (Å²) in [4.78, 5) is 48.3. The minimum Gasteiger partial charge on any atom is -0.467 e. The Labute approximate surface area is 247 Å². The van der Waals surface area contributed by atoms with E-state index in [-0.39, 0.29) is 25.6 Å². The molecule has 2 rings (SSSR count). The maximum absolute atomic E-state index is 12.5. The normalized spacial score (nSPS) is 11.7. The van der Waals surface area contributed by atoms with Gasteiger partial charge in [0.15, 0.2) is 0 Å². The molecule has 0 spiro atoms. The van der Waals surface area contributed by atoms with Crippen LogP contribution in [-0.4, -0.2) is 56.3 Å². The van der Waals surface area contributed by atoms with E-state index in [4.69, 9.17) is 19.9 Å². The summed E-state index contributed by atoms with van der Waals surface area (Å²) in [6, 6.07) is 17.1. The summed E-state index contributed by atoms with van der Waals surface area (Å²) in [6.45, 7) is 1.13. The van der Waals surface area contributed by atoms with Crippen molar-refractivity contribution in [1.29, 1.82) is 0 Å². The minimum absolute atomic E-state index is 0. The monoisotopic (exact) mass is 592 g/mol. The van der Waals surface area contributed by atoms with Crippen molar-refractivity contribution in [3.63, 3.8) is 0 Å². The quantitative estimate of drug-likeness (QED) is 0.123. The summed E-state index contributed by atoms with van der Waals surface area (Å²) in [5.41, 5.74) is 7.79. The number of carbonyl (C=O) groups is 4. The van der Waals surface area contributed by atoms with Gasteiger partial charge in [0.25, 0.3) is 0 Å². The number of hydrogen-bond acceptors (Lipinski definition) is 8. The average Bonchev–Trinajstić information content (AvgIpc) is 2.98. The van der Waals surface area contributed by atoms with Gasteiger partial charge < -0.3 is 35.9 Å². The molecule has 0 heterocycles. The molecule has 0 aliphatic heterocycles. The first-order valence-electron chi connectivity index (χ1n) is 13.4. The van der Waals surface area contributed by atoms with Gasteiger partial charge in [-0.05, 0) is 49.7 Å². The Morgan fingerprint density at radius 2 is 1.20 bits per heavy atom. The van der Waals surface area contributed by atoms with Gasteiger partial charge in [-0.25, -0.2) is 14.4 Å². The number of amides is 3. The first-order chi connectivity index (χ1) is 19.4. The highest BCUT2D eigenvalue weighted by Gasteiger charge is 2.24. The van der Waals surface area contributed by atoms with Gasteiger partial charge in [-0.2, -0.15) is 0 Å². The van der Waals surface area contributed by atoms with Crippen LogP contribution in [0.2, 0.25) is 0 Å². The molecule has 0 aliphatic carbocycles. The highest BCUT2D eigenvalue weighted by Crippen LogP contribution is 2.06. The van der Waals surface area contributed by atoms with Crippen molar-refractivity contribution in [2.45, 2.75) is 63.8 Å². The van der Waals surface area contributed by atoms with E-state index in [1.165, 1.54) is 7.11 Å². The van der Waals surface area contributed by atoms with Crippen molar-refractivity contribution < 1.29 is 33.4 Å². The number of nitrogens with two attached hydrogens (primary N) is 1. The molecular formula is C29H41ClN4O7. The van der Waals surface area contributed by atoms with E-state index >= 15 is 0 Å².